The third-order valence-electron chi connectivity index (χ3n) is 13.1. The maximum Gasteiger partial charge on any atom is 0.328 e. The summed E-state index contributed by atoms with van der Waals surface area (Å²) in [5.41, 5.74) is 6.90. The monoisotopic (exact) mass is 904 g/mol. The van der Waals surface area contributed by atoms with Crippen LogP contribution in [0.4, 0.5) is 0 Å². The Balaban J connectivity index is 1.04. The molecule has 0 radical (unpaired) electrons. The first-order valence-electron chi connectivity index (χ1n) is 23.2. The summed E-state index contributed by atoms with van der Waals surface area (Å²) in [6.45, 7) is 1.73. The van der Waals surface area contributed by atoms with Gasteiger partial charge in [-0.25, -0.2) is 9.59 Å². The number of nitrogens with one attached hydrogen (secondary N) is 2. The van der Waals surface area contributed by atoms with Crippen LogP contribution in [-0.4, -0.2) is 96.3 Å². The normalized spacial score (nSPS) is 20.2. The molecule has 340 valence electrons. The number of benzene rings is 4. The van der Waals surface area contributed by atoms with Crippen LogP contribution < -0.4 is 10.6 Å². The Labute approximate surface area is 382 Å². The largest absolute Gasteiger partial charge is 0.467 e. The number of rotatable bonds is 16. The first-order chi connectivity index (χ1) is 31.2. The Morgan fingerprint density at radius 3 is 1.17 bits per heavy atom. The molecule has 10 nitrogen and oxygen atoms in total. The van der Waals surface area contributed by atoms with Crippen molar-refractivity contribution in [1.29, 1.82) is 0 Å². The van der Waals surface area contributed by atoms with E-state index in [1.807, 2.05) is 84.9 Å². The van der Waals surface area contributed by atoms with E-state index < -0.39 is 24.0 Å². The molecule has 3 aliphatic rings. The van der Waals surface area contributed by atoms with Crippen molar-refractivity contribution >= 4 is 39.6 Å². The number of carbonyl (C=O) groups excluding carboxylic acids is 4. The maximum atomic E-state index is 13.5. The zero-order chi connectivity index (χ0) is 44.7. The van der Waals surface area contributed by atoms with Crippen molar-refractivity contribution in [3.8, 4) is 0 Å². The van der Waals surface area contributed by atoms with Gasteiger partial charge in [0.25, 0.3) is 11.8 Å². The standard InChI is InChI=1S/C52H66N4O6P2/c1-61-51(59)47(31-39-15-7-3-8-16-39)53-49(57)43-27-23-41(24-28-43)33-55-35-63(45-19-11-5-12-20-45)37-56(38-64(36-55)46-21-13-6-14-22-46)34-42-25-29-44(30-26-42)50(58)54-48(52(60)62-2)32-40-17-9-4-10-18-40/h3-4,7-10,15-18,23-30,45-48H,5-6,11-14,19-22,31-38H2,1-2H3,(H,53,57)(H,54,58)/t47-,48-,63?,64?/m0/s1. The molecule has 2 amide bonds. The molecule has 12 heteroatoms. The molecule has 0 bridgehead atoms. The van der Waals surface area contributed by atoms with Gasteiger partial charge in [0, 0.05) is 62.2 Å². The van der Waals surface area contributed by atoms with E-state index >= 15 is 0 Å². The lowest BCUT2D eigenvalue weighted by atomic mass is 10.0. The molecular weight excluding hydrogens is 839 g/mol. The summed E-state index contributed by atoms with van der Waals surface area (Å²) < 4.78 is 10.1. The van der Waals surface area contributed by atoms with Crippen molar-refractivity contribution in [3.63, 3.8) is 0 Å². The van der Waals surface area contributed by atoms with Gasteiger partial charge < -0.3 is 20.1 Å². The fourth-order valence-corrected chi connectivity index (χ4v) is 16.1. The molecule has 2 N–H and O–H groups in total. The Kier molecular flexibility index (Phi) is 17.9. The van der Waals surface area contributed by atoms with Gasteiger partial charge in [0.15, 0.2) is 0 Å². The van der Waals surface area contributed by atoms with E-state index in [1.54, 1.807) is 0 Å². The van der Waals surface area contributed by atoms with Gasteiger partial charge in [-0.2, -0.15) is 0 Å². The summed E-state index contributed by atoms with van der Waals surface area (Å²) >= 11 is 0. The Bertz CT molecular complexity index is 1930. The number of carbonyl (C=O) groups is 4. The molecule has 2 saturated carbocycles. The van der Waals surface area contributed by atoms with Gasteiger partial charge in [-0.3, -0.25) is 19.4 Å². The van der Waals surface area contributed by atoms with E-state index in [0.717, 1.165) is 60.7 Å². The van der Waals surface area contributed by atoms with Crippen LogP contribution in [-0.2, 0) is 45.0 Å². The van der Waals surface area contributed by atoms with Gasteiger partial charge in [-0.05, 0) is 83.5 Å². The minimum Gasteiger partial charge on any atom is -0.467 e. The zero-order valence-electron chi connectivity index (χ0n) is 37.7. The highest BCUT2D eigenvalue weighted by atomic mass is 31.1. The Morgan fingerprint density at radius 2 is 0.844 bits per heavy atom. The Morgan fingerprint density at radius 1 is 0.500 bits per heavy atom. The predicted molar refractivity (Wildman–Crippen MR) is 258 cm³/mol. The van der Waals surface area contributed by atoms with Crippen LogP contribution in [0.5, 0.6) is 0 Å². The summed E-state index contributed by atoms with van der Waals surface area (Å²) in [4.78, 5) is 57.8. The van der Waals surface area contributed by atoms with Crippen LogP contribution in [0.2, 0.25) is 0 Å². The van der Waals surface area contributed by atoms with Gasteiger partial charge in [-0.1, -0.05) is 139 Å². The van der Waals surface area contributed by atoms with Crippen LogP contribution in [0.1, 0.15) is 107 Å². The number of nitrogens with zero attached hydrogens (tertiary/aromatic N) is 2. The highest BCUT2D eigenvalue weighted by Gasteiger charge is 2.34. The molecular formula is C52H66N4O6P2. The van der Waals surface area contributed by atoms with Crippen LogP contribution in [0.3, 0.4) is 0 Å². The van der Waals surface area contributed by atoms with E-state index in [4.69, 9.17) is 9.47 Å². The molecule has 0 aromatic heterocycles. The number of methoxy groups -OCH3 is 2. The average molecular weight is 905 g/mol. The summed E-state index contributed by atoms with van der Waals surface area (Å²) in [6, 6.07) is 33.8. The molecule has 2 atom stereocenters. The molecule has 0 unspecified atom stereocenters. The van der Waals surface area contributed by atoms with E-state index in [0.29, 0.717) is 24.0 Å². The van der Waals surface area contributed by atoms with E-state index in [2.05, 4.69) is 44.7 Å². The highest BCUT2D eigenvalue weighted by Crippen LogP contribution is 2.56. The van der Waals surface area contributed by atoms with E-state index in [-0.39, 0.29) is 27.7 Å². The molecule has 4 aromatic carbocycles. The first kappa shape index (κ1) is 47.5. The fourth-order valence-electron chi connectivity index (χ4n) is 9.65. The second-order valence-electron chi connectivity index (χ2n) is 17.9. The second-order valence-corrected chi connectivity index (χ2v) is 22.8. The second kappa shape index (κ2) is 24.2. The van der Waals surface area contributed by atoms with Crippen LogP contribution >= 0.6 is 15.8 Å². The van der Waals surface area contributed by atoms with Gasteiger partial charge in [-0.15, -0.1) is 0 Å². The van der Waals surface area contributed by atoms with Crippen molar-refractivity contribution < 1.29 is 28.7 Å². The van der Waals surface area contributed by atoms with Crippen molar-refractivity contribution in [3.05, 3.63) is 143 Å². The molecule has 2 aliphatic carbocycles. The number of amides is 2. The number of hydrogen-bond acceptors (Lipinski definition) is 8. The predicted octanol–water partition coefficient (Wildman–Crippen LogP) is 9.49. The van der Waals surface area contributed by atoms with Crippen LogP contribution in [0.25, 0.3) is 0 Å². The van der Waals surface area contributed by atoms with Crippen molar-refractivity contribution in [2.75, 3.05) is 39.4 Å². The van der Waals surface area contributed by atoms with E-state index in [9.17, 15) is 19.2 Å². The van der Waals surface area contributed by atoms with Gasteiger partial charge in [0.1, 0.15) is 12.1 Å². The van der Waals surface area contributed by atoms with Gasteiger partial charge in [0.05, 0.1) is 14.2 Å². The van der Waals surface area contributed by atoms with Gasteiger partial charge >= 0.3 is 11.9 Å². The van der Waals surface area contributed by atoms with Crippen LogP contribution in [0, 0.1) is 0 Å². The van der Waals surface area contributed by atoms with Crippen LogP contribution in [0.15, 0.2) is 109 Å². The molecule has 1 aliphatic heterocycles. The molecule has 1 heterocycles. The summed E-state index contributed by atoms with van der Waals surface area (Å²) in [6.07, 6.45) is 18.4. The molecule has 3 fully saturated rings. The summed E-state index contributed by atoms with van der Waals surface area (Å²) in [5.74, 6) is -1.49. The summed E-state index contributed by atoms with van der Waals surface area (Å²) in [7, 11) is 2.09. The zero-order valence-corrected chi connectivity index (χ0v) is 39.5. The van der Waals surface area contributed by atoms with Gasteiger partial charge in [0.2, 0.25) is 0 Å². The lowest BCUT2D eigenvalue weighted by Crippen LogP contribution is -2.43. The number of hydrogen-bond donors (Lipinski definition) is 2. The minimum atomic E-state index is -0.776. The van der Waals surface area contributed by atoms with Crippen molar-refractivity contribution in [2.24, 2.45) is 0 Å². The lowest BCUT2D eigenvalue weighted by molar-refractivity contribution is -0.143. The molecule has 64 heavy (non-hydrogen) atoms. The number of esters is 2. The first-order valence-corrected chi connectivity index (χ1v) is 26.8. The summed E-state index contributed by atoms with van der Waals surface area (Å²) in [5, 5.41) is 5.85. The lowest BCUT2D eigenvalue weighted by Gasteiger charge is -2.45. The smallest absolute Gasteiger partial charge is 0.328 e. The third-order valence-corrected chi connectivity index (χ3v) is 19.3. The average Bonchev–Trinajstić information content (AvgIpc) is 3.33. The quantitative estimate of drug-likeness (QED) is 0.0844. The fraction of sp³-hybridized carbons (Fsp3) is 0.462. The molecule has 4 aromatic rings. The topological polar surface area (TPSA) is 117 Å². The number of ether oxygens (including phenoxy) is 2. The Hall–Kier alpha value is -4.46. The third kappa shape index (κ3) is 13.8. The molecule has 7 rings (SSSR count). The highest BCUT2D eigenvalue weighted by molar-refractivity contribution is 7.60. The molecule has 0 spiro atoms. The minimum absolute atomic E-state index is 0.283. The van der Waals surface area contributed by atoms with E-state index in [1.165, 1.54) is 89.6 Å². The SMILES string of the molecule is COC(=O)[C@H](Cc1ccccc1)NC(=O)c1ccc(CN2CP(C3CCCCC3)CN(Cc3ccc(C(=O)N[C@@H](Cc4ccccc4)C(=O)OC)cc3)CP(C3CCCCC3)C2)cc1. The maximum absolute atomic E-state index is 13.5. The molecule has 1 saturated heterocycles. The van der Waals surface area contributed by atoms with Crippen molar-refractivity contribution in [1.82, 2.24) is 20.4 Å². The van der Waals surface area contributed by atoms with Crippen molar-refractivity contribution in [2.45, 2.75) is 114 Å².